The fourth-order valence-corrected chi connectivity index (χ4v) is 2.15. The number of hydrogen-bond donors (Lipinski definition) is 1. The highest BCUT2D eigenvalue weighted by Gasteiger charge is 2.25. The Kier molecular flexibility index (Phi) is 6.00. The summed E-state index contributed by atoms with van der Waals surface area (Å²) in [5.41, 5.74) is 1.78. The Morgan fingerprint density at radius 3 is 2.45 bits per heavy atom. The van der Waals surface area contributed by atoms with Crippen LogP contribution < -0.4 is 10.2 Å². The van der Waals surface area contributed by atoms with Gasteiger partial charge in [-0.25, -0.2) is 4.39 Å². The number of anilines is 1. The maximum atomic E-state index is 14.3. The maximum Gasteiger partial charge on any atom is 0.146 e. The molecule has 1 atom stereocenters. The average molecular weight is 280 g/mol. The quantitative estimate of drug-likeness (QED) is 0.786. The van der Waals surface area contributed by atoms with Gasteiger partial charge in [-0.15, -0.1) is 0 Å². The minimum atomic E-state index is -0.139. The molecule has 0 spiro atoms. The zero-order chi connectivity index (χ0) is 15.3. The molecule has 0 radical (unpaired) electrons. The van der Waals surface area contributed by atoms with Crippen molar-refractivity contribution in [1.82, 2.24) is 5.32 Å². The fraction of sp³-hybridized carbons (Fsp3) is 0.647. The molecular weight excluding hydrogens is 251 g/mol. The number of halogens is 1. The first kappa shape index (κ1) is 17.0. The third-order valence-electron chi connectivity index (χ3n) is 3.98. The highest BCUT2D eigenvalue weighted by atomic mass is 19.1. The normalized spacial score (nSPS) is 13.3. The van der Waals surface area contributed by atoms with Crippen LogP contribution in [0.15, 0.2) is 18.2 Å². The first-order chi connectivity index (χ1) is 9.27. The van der Waals surface area contributed by atoms with Gasteiger partial charge in [0, 0.05) is 19.6 Å². The number of nitrogens with one attached hydrogen (secondary N) is 1. The van der Waals surface area contributed by atoms with Crippen molar-refractivity contribution in [2.45, 2.75) is 53.6 Å². The molecule has 0 saturated heterocycles. The number of benzene rings is 1. The molecule has 0 aromatic heterocycles. The summed E-state index contributed by atoms with van der Waals surface area (Å²) in [5.74, 6) is -0.139. The second kappa shape index (κ2) is 7.07. The molecule has 1 aromatic rings. The molecule has 1 N–H and O–H groups in total. The molecular formula is C17H29FN2. The largest absolute Gasteiger partial charge is 0.369 e. The summed E-state index contributed by atoms with van der Waals surface area (Å²) in [6.07, 6.45) is 1.09. The maximum absolute atomic E-state index is 14.3. The van der Waals surface area contributed by atoms with Crippen LogP contribution in [0.4, 0.5) is 10.1 Å². The van der Waals surface area contributed by atoms with E-state index in [1.54, 1.807) is 6.07 Å². The molecule has 1 unspecified atom stereocenters. The minimum absolute atomic E-state index is 0.114. The SMILES string of the molecule is CCCNCc1ccc(N(C)C(C)C(C)(C)C)c(F)c1. The van der Waals surface area contributed by atoms with Gasteiger partial charge in [-0.1, -0.05) is 33.8 Å². The van der Waals surface area contributed by atoms with Crippen LogP contribution in [-0.2, 0) is 6.54 Å². The Bertz CT molecular complexity index is 423. The van der Waals surface area contributed by atoms with Crippen molar-refractivity contribution >= 4 is 5.69 Å². The molecule has 0 aliphatic carbocycles. The van der Waals surface area contributed by atoms with Crippen molar-refractivity contribution in [1.29, 1.82) is 0 Å². The van der Waals surface area contributed by atoms with Gasteiger partial charge in [-0.2, -0.15) is 0 Å². The van der Waals surface area contributed by atoms with Crippen LogP contribution in [0.3, 0.4) is 0 Å². The van der Waals surface area contributed by atoms with Gasteiger partial charge in [0.25, 0.3) is 0 Å². The number of nitrogens with zero attached hydrogens (tertiary/aromatic N) is 1. The molecule has 1 aromatic carbocycles. The van der Waals surface area contributed by atoms with E-state index in [2.05, 4.69) is 39.9 Å². The average Bonchev–Trinajstić information content (AvgIpc) is 2.36. The number of hydrogen-bond acceptors (Lipinski definition) is 2. The smallest absolute Gasteiger partial charge is 0.146 e. The van der Waals surface area contributed by atoms with E-state index >= 15 is 0 Å². The van der Waals surface area contributed by atoms with Crippen molar-refractivity contribution in [3.05, 3.63) is 29.6 Å². The predicted molar refractivity (Wildman–Crippen MR) is 85.7 cm³/mol. The van der Waals surface area contributed by atoms with E-state index in [9.17, 15) is 4.39 Å². The topological polar surface area (TPSA) is 15.3 Å². The first-order valence-electron chi connectivity index (χ1n) is 7.49. The molecule has 0 amide bonds. The van der Waals surface area contributed by atoms with Gasteiger partial charge in [0.1, 0.15) is 5.82 Å². The minimum Gasteiger partial charge on any atom is -0.369 e. The van der Waals surface area contributed by atoms with Gasteiger partial charge in [0.15, 0.2) is 0 Å². The zero-order valence-electron chi connectivity index (χ0n) is 13.8. The Labute approximate surface area is 123 Å². The summed E-state index contributed by atoms with van der Waals surface area (Å²) >= 11 is 0. The molecule has 0 saturated carbocycles. The lowest BCUT2D eigenvalue weighted by Gasteiger charge is -2.37. The van der Waals surface area contributed by atoms with Gasteiger partial charge >= 0.3 is 0 Å². The van der Waals surface area contributed by atoms with E-state index < -0.39 is 0 Å². The van der Waals surface area contributed by atoms with Crippen molar-refractivity contribution in [3.8, 4) is 0 Å². The lowest BCUT2D eigenvalue weighted by atomic mass is 9.87. The van der Waals surface area contributed by atoms with Gasteiger partial charge in [-0.3, -0.25) is 0 Å². The molecule has 20 heavy (non-hydrogen) atoms. The summed E-state index contributed by atoms with van der Waals surface area (Å²) in [6, 6.07) is 5.80. The highest BCUT2D eigenvalue weighted by molar-refractivity contribution is 5.49. The standard InChI is InChI=1S/C17H29FN2/c1-7-10-19-12-14-8-9-16(15(18)11-14)20(6)13(2)17(3,4)5/h8-9,11,13,19H,7,10,12H2,1-6H3. The fourth-order valence-electron chi connectivity index (χ4n) is 2.15. The van der Waals surface area contributed by atoms with Crippen LogP contribution in [0.1, 0.15) is 46.6 Å². The summed E-state index contributed by atoms with van der Waals surface area (Å²) < 4.78 is 14.3. The van der Waals surface area contributed by atoms with Crippen LogP contribution in [-0.4, -0.2) is 19.6 Å². The van der Waals surface area contributed by atoms with Crippen molar-refractivity contribution in [2.24, 2.45) is 5.41 Å². The molecule has 114 valence electrons. The van der Waals surface area contributed by atoms with E-state index in [0.717, 1.165) is 25.1 Å². The lowest BCUT2D eigenvalue weighted by Crippen LogP contribution is -2.39. The molecule has 0 bridgehead atoms. The van der Waals surface area contributed by atoms with Gasteiger partial charge in [-0.05, 0) is 43.0 Å². The van der Waals surface area contributed by atoms with Crippen LogP contribution in [0.5, 0.6) is 0 Å². The summed E-state index contributed by atoms with van der Waals surface area (Å²) in [7, 11) is 1.96. The Hall–Kier alpha value is -1.09. The Morgan fingerprint density at radius 2 is 1.95 bits per heavy atom. The number of rotatable bonds is 6. The first-order valence-corrected chi connectivity index (χ1v) is 7.49. The Morgan fingerprint density at radius 1 is 1.30 bits per heavy atom. The molecule has 3 heteroatoms. The van der Waals surface area contributed by atoms with Gasteiger partial charge in [0.05, 0.1) is 5.69 Å². The molecule has 0 heterocycles. The molecule has 1 rings (SSSR count). The molecule has 2 nitrogen and oxygen atoms in total. The predicted octanol–water partition coefficient (Wildman–Crippen LogP) is 4.20. The third-order valence-corrected chi connectivity index (χ3v) is 3.98. The second-order valence-electron chi connectivity index (χ2n) is 6.62. The van der Waals surface area contributed by atoms with Crippen molar-refractivity contribution in [2.75, 3.05) is 18.5 Å². The lowest BCUT2D eigenvalue weighted by molar-refractivity contribution is 0.328. The summed E-state index contributed by atoms with van der Waals surface area (Å²) in [4.78, 5) is 2.03. The van der Waals surface area contributed by atoms with Crippen molar-refractivity contribution in [3.63, 3.8) is 0 Å². The molecule has 0 fully saturated rings. The van der Waals surface area contributed by atoms with Gasteiger partial charge < -0.3 is 10.2 Å². The van der Waals surface area contributed by atoms with E-state index in [-0.39, 0.29) is 17.3 Å². The Balaban J connectivity index is 2.82. The van der Waals surface area contributed by atoms with Crippen LogP contribution >= 0.6 is 0 Å². The summed E-state index contributed by atoms with van der Waals surface area (Å²) in [5, 5.41) is 3.29. The monoisotopic (exact) mass is 280 g/mol. The second-order valence-corrected chi connectivity index (χ2v) is 6.62. The highest BCUT2D eigenvalue weighted by Crippen LogP contribution is 2.29. The van der Waals surface area contributed by atoms with Gasteiger partial charge in [0.2, 0.25) is 0 Å². The van der Waals surface area contributed by atoms with Crippen LogP contribution in [0.25, 0.3) is 0 Å². The van der Waals surface area contributed by atoms with E-state index in [1.165, 1.54) is 0 Å². The van der Waals surface area contributed by atoms with Crippen LogP contribution in [0, 0.1) is 11.2 Å². The molecule has 0 aliphatic rings. The third kappa shape index (κ3) is 4.48. The van der Waals surface area contributed by atoms with E-state index in [0.29, 0.717) is 5.69 Å². The van der Waals surface area contributed by atoms with Crippen LogP contribution in [0.2, 0.25) is 0 Å². The van der Waals surface area contributed by atoms with Crippen molar-refractivity contribution < 1.29 is 4.39 Å². The zero-order valence-corrected chi connectivity index (χ0v) is 13.8. The molecule has 0 aliphatic heterocycles. The summed E-state index contributed by atoms with van der Waals surface area (Å²) in [6.45, 7) is 12.5. The van der Waals surface area contributed by atoms with E-state index in [4.69, 9.17) is 0 Å². The van der Waals surface area contributed by atoms with E-state index in [1.807, 2.05) is 24.1 Å².